The van der Waals surface area contributed by atoms with Crippen LogP contribution in [0.2, 0.25) is 0 Å². The number of hydrogen-bond acceptors (Lipinski definition) is 7. The molecule has 100 valence electrons. The minimum Gasteiger partial charge on any atom is -0.394 e. The fourth-order valence-corrected chi connectivity index (χ4v) is 1.06. The van der Waals surface area contributed by atoms with Crippen molar-refractivity contribution in [2.24, 2.45) is 0 Å². The molecule has 17 heavy (non-hydrogen) atoms. The number of amides is 1. The van der Waals surface area contributed by atoms with Gasteiger partial charge in [-0.15, -0.1) is 0 Å². The van der Waals surface area contributed by atoms with Crippen molar-refractivity contribution in [3.05, 3.63) is 0 Å². The van der Waals surface area contributed by atoms with Crippen LogP contribution in [0.4, 0.5) is 0 Å². The van der Waals surface area contributed by atoms with Gasteiger partial charge in [-0.2, -0.15) is 0 Å². The van der Waals surface area contributed by atoms with Crippen LogP contribution in [0.15, 0.2) is 0 Å². The monoisotopic (exact) mass is 251 g/mol. The Morgan fingerprint density at radius 1 is 1.41 bits per heavy atom. The molecule has 0 rings (SSSR count). The lowest BCUT2D eigenvalue weighted by molar-refractivity contribution is -0.176. The second-order valence-electron chi connectivity index (χ2n) is 3.53. The van der Waals surface area contributed by atoms with Gasteiger partial charge in [0.1, 0.15) is 18.3 Å². The highest BCUT2D eigenvalue weighted by Gasteiger charge is 2.43. The molecule has 1 amide bonds. The number of aldehydes is 1. The smallest absolute Gasteiger partial charge is 0.224 e. The van der Waals surface area contributed by atoms with E-state index >= 15 is 0 Å². The minimum absolute atomic E-state index is 0.0540. The van der Waals surface area contributed by atoms with Gasteiger partial charge in [0.15, 0.2) is 6.29 Å². The van der Waals surface area contributed by atoms with E-state index in [9.17, 15) is 24.9 Å². The molecule has 0 saturated carbocycles. The van der Waals surface area contributed by atoms with Crippen molar-refractivity contribution in [1.29, 1.82) is 0 Å². The molecule has 0 spiro atoms. The minimum atomic E-state index is -2.72. The summed E-state index contributed by atoms with van der Waals surface area (Å²) in [7, 11) is 0. The molecule has 0 aromatic heterocycles. The maximum Gasteiger partial charge on any atom is 0.224 e. The van der Waals surface area contributed by atoms with Crippen LogP contribution in [-0.2, 0) is 9.59 Å². The molecule has 0 saturated heterocycles. The molecule has 0 bridgehead atoms. The zero-order valence-corrected chi connectivity index (χ0v) is 9.28. The van der Waals surface area contributed by atoms with Crippen LogP contribution in [0, 0.1) is 0 Å². The van der Waals surface area contributed by atoms with Crippen molar-refractivity contribution in [2.45, 2.75) is 37.4 Å². The maximum absolute atomic E-state index is 11.0. The number of nitrogens with one attached hydrogen (secondary N) is 1. The van der Waals surface area contributed by atoms with E-state index in [0.717, 1.165) is 0 Å². The first-order valence-electron chi connectivity index (χ1n) is 4.97. The summed E-state index contributed by atoms with van der Waals surface area (Å²) in [6.45, 7) is 0.570. The zero-order valence-electron chi connectivity index (χ0n) is 9.28. The number of carbonyl (C=O) groups excluding carboxylic acids is 2. The highest BCUT2D eigenvalue weighted by atomic mass is 16.4. The van der Waals surface area contributed by atoms with Crippen molar-refractivity contribution >= 4 is 12.2 Å². The Bertz CT molecular complexity index is 272. The number of aliphatic hydroxyl groups excluding tert-OH is 4. The molecule has 6 N–H and O–H groups in total. The van der Waals surface area contributed by atoms with Gasteiger partial charge in [0.05, 0.1) is 6.61 Å². The SMILES string of the molecule is CCC(=O)N[C@](O)(C=O)[C@H](O)[C@@H](O)[C@H](O)CO. The van der Waals surface area contributed by atoms with Crippen LogP contribution in [0.1, 0.15) is 13.3 Å². The third-order valence-corrected chi connectivity index (χ3v) is 2.20. The van der Waals surface area contributed by atoms with Gasteiger partial charge < -0.3 is 30.8 Å². The van der Waals surface area contributed by atoms with E-state index in [1.807, 2.05) is 0 Å². The zero-order chi connectivity index (χ0) is 13.6. The molecule has 8 heteroatoms. The average Bonchev–Trinajstić information content (AvgIpc) is 2.35. The second-order valence-corrected chi connectivity index (χ2v) is 3.53. The fourth-order valence-electron chi connectivity index (χ4n) is 1.06. The van der Waals surface area contributed by atoms with Gasteiger partial charge in [-0.05, 0) is 0 Å². The van der Waals surface area contributed by atoms with Crippen LogP contribution in [0.3, 0.4) is 0 Å². The fraction of sp³-hybridized carbons (Fsp3) is 0.778. The molecular weight excluding hydrogens is 234 g/mol. The van der Waals surface area contributed by atoms with Gasteiger partial charge in [-0.1, -0.05) is 6.92 Å². The molecule has 0 aromatic rings. The Balaban J connectivity index is 4.84. The van der Waals surface area contributed by atoms with Crippen LogP contribution in [-0.4, -0.2) is 68.4 Å². The molecular formula is C9H17NO7. The van der Waals surface area contributed by atoms with Gasteiger partial charge in [0.25, 0.3) is 0 Å². The third-order valence-electron chi connectivity index (χ3n) is 2.20. The van der Waals surface area contributed by atoms with E-state index in [4.69, 9.17) is 10.2 Å². The van der Waals surface area contributed by atoms with Gasteiger partial charge in [-0.25, -0.2) is 0 Å². The van der Waals surface area contributed by atoms with E-state index in [1.54, 1.807) is 5.32 Å². The van der Waals surface area contributed by atoms with E-state index in [1.165, 1.54) is 6.92 Å². The van der Waals surface area contributed by atoms with Crippen molar-refractivity contribution < 1.29 is 35.1 Å². The summed E-state index contributed by atoms with van der Waals surface area (Å²) in [5.41, 5.74) is -2.72. The Kier molecular flexibility index (Phi) is 6.21. The summed E-state index contributed by atoms with van der Waals surface area (Å²) in [6, 6.07) is 0. The number of carbonyl (C=O) groups is 2. The van der Waals surface area contributed by atoms with Crippen LogP contribution < -0.4 is 5.32 Å². The van der Waals surface area contributed by atoms with Crippen LogP contribution >= 0.6 is 0 Å². The van der Waals surface area contributed by atoms with E-state index < -0.39 is 36.6 Å². The summed E-state index contributed by atoms with van der Waals surface area (Å²) in [5, 5.41) is 47.8. The quantitative estimate of drug-likeness (QED) is 0.203. The lowest BCUT2D eigenvalue weighted by Crippen LogP contribution is -2.63. The molecule has 0 radical (unpaired) electrons. The van der Waals surface area contributed by atoms with Crippen LogP contribution in [0.25, 0.3) is 0 Å². The molecule has 0 aliphatic carbocycles. The maximum atomic E-state index is 11.0. The number of aliphatic hydroxyl groups is 5. The first-order chi connectivity index (χ1) is 7.82. The second kappa shape index (κ2) is 6.62. The number of hydrogen-bond donors (Lipinski definition) is 6. The molecule has 0 unspecified atom stereocenters. The normalized spacial score (nSPS) is 19.9. The Hall–Kier alpha value is -1.06. The average molecular weight is 251 g/mol. The summed E-state index contributed by atoms with van der Waals surface area (Å²) < 4.78 is 0. The summed E-state index contributed by atoms with van der Waals surface area (Å²) in [5.74, 6) is -0.732. The molecule has 0 aliphatic heterocycles. The predicted molar refractivity (Wildman–Crippen MR) is 54.6 cm³/mol. The summed E-state index contributed by atoms with van der Waals surface area (Å²) >= 11 is 0. The standard InChI is InChI=1S/C9H17NO7/c1-2-6(14)10-9(17,4-12)8(16)7(15)5(13)3-11/h4-5,7-8,11,13,15-17H,2-3H2,1H3,(H,10,14)/t5-,7+,8-,9+/m1/s1. The van der Waals surface area contributed by atoms with Crippen molar-refractivity contribution in [2.75, 3.05) is 6.61 Å². The highest BCUT2D eigenvalue weighted by Crippen LogP contribution is 2.12. The Labute approximate surface area is 97.5 Å². The lowest BCUT2D eigenvalue weighted by Gasteiger charge is -2.32. The van der Waals surface area contributed by atoms with Gasteiger partial charge in [-0.3, -0.25) is 9.59 Å². The highest BCUT2D eigenvalue weighted by molar-refractivity contribution is 5.80. The van der Waals surface area contributed by atoms with Crippen molar-refractivity contribution in [3.63, 3.8) is 0 Å². The number of rotatable bonds is 7. The van der Waals surface area contributed by atoms with E-state index in [0.29, 0.717) is 0 Å². The lowest BCUT2D eigenvalue weighted by atomic mass is 9.98. The van der Waals surface area contributed by atoms with E-state index in [2.05, 4.69) is 0 Å². The summed E-state index contributed by atoms with van der Waals surface area (Å²) in [6.07, 6.45) is -6.14. The molecule has 0 aliphatic rings. The molecule has 0 fully saturated rings. The molecule has 0 heterocycles. The first kappa shape index (κ1) is 15.9. The summed E-state index contributed by atoms with van der Waals surface area (Å²) in [4.78, 5) is 21.7. The third kappa shape index (κ3) is 4.02. The largest absolute Gasteiger partial charge is 0.394 e. The topological polar surface area (TPSA) is 147 Å². The Morgan fingerprint density at radius 2 is 1.94 bits per heavy atom. The van der Waals surface area contributed by atoms with Crippen molar-refractivity contribution in [1.82, 2.24) is 5.32 Å². The predicted octanol–water partition coefficient (Wildman–Crippen LogP) is -3.52. The van der Waals surface area contributed by atoms with E-state index in [-0.39, 0.29) is 12.7 Å². The van der Waals surface area contributed by atoms with Crippen molar-refractivity contribution in [3.8, 4) is 0 Å². The van der Waals surface area contributed by atoms with Gasteiger partial charge in [0, 0.05) is 6.42 Å². The van der Waals surface area contributed by atoms with Gasteiger partial charge >= 0.3 is 0 Å². The first-order valence-corrected chi connectivity index (χ1v) is 4.97. The molecule has 4 atom stereocenters. The molecule has 8 nitrogen and oxygen atoms in total. The Morgan fingerprint density at radius 3 is 2.29 bits per heavy atom. The van der Waals surface area contributed by atoms with Gasteiger partial charge in [0.2, 0.25) is 11.6 Å². The van der Waals surface area contributed by atoms with Crippen LogP contribution in [0.5, 0.6) is 0 Å². The molecule has 0 aromatic carbocycles.